The monoisotopic (exact) mass is 283 g/mol. The molecule has 2 aromatic rings. The van der Waals surface area contributed by atoms with E-state index in [4.69, 9.17) is 11.5 Å². The zero-order valence-electron chi connectivity index (χ0n) is 12.3. The Bertz CT molecular complexity index is 603. The van der Waals surface area contributed by atoms with Crippen LogP contribution in [0, 0.1) is 5.92 Å². The Balaban J connectivity index is 2.23. The lowest BCUT2D eigenvalue weighted by molar-refractivity contribution is 0.0925. The molecule has 1 atom stereocenters. The highest BCUT2D eigenvalue weighted by Gasteiger charge is 2.19. The van der Waals surface area contributed by atoms with Crippen molar-refractivity contribution in [2.75, 3.05) is 11.5 Å². The van der Waals surface area contributed by atoms with Crippen molar-refractivity contribution in [2.45, 2.75) is 19.9 Å². The highest BCUT2D eigenvalue weighted by atomic mass is 16.1. The zero-order chi connectivity index (χ0) is 15.4. The molecule has 0 aliphatic rings. The molecule has 110 valence electrons. The Morgan fingerprint density at radius 3 is 2.10 bits per heavy atom. The van der Waals surface area contributed by atoms with Crippen molar-refractivity contribution in [3.8, 4) is 0 Å². The number of nitrogen functional groups attached to an aromatic ring is 2. The maximum absolute atomic E-state index is 12.4. The van der Waals surface area contributed by atoms with Crippen LogP contribution in [0.15, 0.2) is 48.5 Å². The summed E-state index contributed by atoms with van der Waals surface area (Å²) in [7, 11) is 0. The largest absolute Gasteiger partial charge is 0.399 e. The van der Waals surface area contributed by atoms with Gasteiger partial charge in [0.1, 0.15) is 0 Å². The minimum absolute atomic E-state index is 0.0543. The van der Waals surface area contributed by atoms with Gasteiger partial charge in [-0.15, -0.1) is 0 Å². The topological polar surface area (TPSA) is 81.1 Å². The standard InChI is InChI=1S/C17H21N3O/c1-11(2)16(12-6-4-3-5-7-12)20-17(21)13-8-14(18)10-15(19)9-13/h3-11,16H,18-19H2,1-2H3,(H,20,21). The molecule has 4 nitrogen and oxygen atoms in total. The molecule has 0 saturated carbocycles. The van der Waals surface area contributed by atoms with Crippen molar-refractivity contribution in [2.24, 2.45) is 5.92 Å². The lowest BCUT2D eigenvalue weighted by Gasteiger charge is -2.23. The third-order valence-corrected chi connectivity index (χ3v) is 3.35. The molecule has 0 heterocycles. The minimum Gasteiger partial charge on any atom is -0.399 e. The summed E-state index contributed by atoms with van der Waals surface area (Å²) in [6.07, 6.45) is 0. The van der Waals surface area contributed by atoms with E-state index >= 15 is 0 Å². The van der Waals surface area contributed by atoms with Gasteiger partial charge in [-0.05, 0) is 29.7 Å². The molecule has 0 spiro atoms. The fourth-order valence-electron chi connectivity index (χ4n) is 2.33. The van der Waals surface area contributed by atoms with Crippen LogP contribution in [0.2, 0.25) is 0 Å². The molecule has 0 bridgehead atoms. The van der Waals surface area contributed by atoms with E-state index in [9.17, 15) is 4.79 Å². The lowest BCUT2D eigenvalue weighted by Crippen LogP contribution is -2.31. The van der Waals surface area contributed by atoms with Crippen molar-refractivity contribution >= 4 is 17.3 Å². The van der Waals surface area contributed by atoms with Gasteiger partial charge in [0.2, 0.25) is 0 Å². The third kappa shape index (κ3) is 3.75. The van der Waals surface area contributed by atoms with Gasteiger partial charge in [-0.2, -0.15) is 0 Å². The Kier molecular flexibility index (Phi) is 4.48. The Morgan fingerprint density at radius 2 is 1.57 bits per heavy atom. The second kappa shape index (κ2) is 6.31. The van der Waals surface area contributed by atoms with Crippen molar-refractivity contribution in [1.29, 1.82) is 0 Å². The van der Waals surface area contributed by atoms with E-state index in [1.54, 1.807) is 18.2 Å². The summed E-state index contributed by atoms with van der Waals surface area (Å²) in [6, 6.07) is 14.8. The van der Waals surface area contributed by atoms with Crippen LogP contribution in [0.1, 0.15) is 35.8 Å². The first kappa shape index (κ1) is 14.9. The normalized spacial score (nSPS) is 12.1. The number of hydrogen-bond donors (Lipinski definition) is 3. The molecule has 1 amide bonds. The molecule has 0 aliphatic heterocycles. The molecule has 0 fully saturated rings. The number of rotatable bonds is 4. The van der Waals surface area contributed by atoms with E-state index in [0.29, 0.717) is 16.9 Å². The molecule has 2 aromatic carbocycles. The van der Waals surface area contributed by atoms with Gasteiger partial charge >= 0.3 is 0 Å². The molecule has 0 radical (unpaired) electrons. The number of amides is 1. The van der Waals surface area contributed by atoms with E-state index < -0.39 is 0 Å². The Hall–Kier alpha value is -2.49. The number of hydrogen-bond acceptors (Lipinski definition) is 3. The fraction of sp³-hybridized carbons (Fsp3) is 0.235. The first-order valence-electron chi connectivity index (χ1n) is 6.99. The molecule has 5 N–H and O–H groups in total. The van der Waals surface area contributed by atoms with Crippen LogP contribution in [0.5, 0.6) is 0 Å². The predicted octanol–water partition coefficient (Wildman–Crippen LogP) is 2.98. The smallest absolute Gasteiger partial charge is 0.251 e. The van der Waals surface area contributed by atoms with Gasteiger partial charge in [-0.25, -0.2) is 0 Å². The van der Waals surface area contributed by atoms with E-state index in [1.807, 2.05) is 30.3 Å². The predicted molar refractivity (Wildman–Crippen MR) is 86.8 cm³/mol. The first-order chi connectivity index (χ1) is 9.97. The number of benzene rings is 2. The second-order valence-electron chi connectivity index (χ2n) is 5.49. The molecule has 1 unspecified atom stereocenters. The van der Waals surface area contributed by atoms with E-state index in [0.717, 1.165) is 5.56 Å². The van der Waals surface area contributed by atoms with Crippen molar-refractivity contribution in [1.82, 2.24) is 5.32 Å². The summed E-state index contributed by atoms with van der Waals surface area (Å²) < 4.78 is 0. The lowest BCUT2D eigenvalue weighted by atomic mass is 9.95. The van der Waals surface area contributed by atoms with Gasteiger partial charge < -0.3 is 16.8 Å². The SMILES string of the molecule is CC(C)C(NC(=O)c1cc(N)cc(N)c1)c1ccccc1. The summed E-state index contributed by atoms with van der Waals surface area (Å²) in [5.74, 6) is 0.103. The molecular weight excluding hydrogens is 262 g/mol. The Morgan fingerprint density at radius 1 is 1.00 bits per heavy atom. The maximum Gasteiger partial charge on any atom is 0.251 e. The number of carbonyl (C=O) groups is 1. The molecular formula is C17H21N3O. The van der Waals surface area contributed by atoms with Crippen LogP contribution in [0.25, 0.3) is 0 Å². The van der Waals surface area contributed by atoms with Crippen molar-refractivity contribution in [3.63, 3.8) is 0 Å². The highest BCUT2D eigenvalue weighted by molar-refractivity contribution is 5.96. The highest BCUT2D eigenvalue weighted by Crippen LogP contribution is 2.22. The second-order valence-corrected chi connectivity index (χ2v) is 5.49. The van der Waals surface area contributed by atoms with Gasteiger partial charge in [-0.1, -0.05) is 44.2 Å². The molecule has 2 rings (SSSR count). The van der Waals surface area contributed by atoms with Gasteiger partial charge in [0.15, 0.2) is 0 Å². The maximum atomic E-state index is 12.4. The third-order valence-electron chi connectivity index (χ3n) is 3.35. The average Bonchev–Trinajstić information content (AvgIpc) is 2.44. The number of nitrogens with two attached hydrogens (primary N) is 2. The van der Waals surface area contributed by atoms with Crippen molar-refractivity contribution in [3.05, 3.63) is 59.7 Å². The zero-order valence-corrected chi connectivity index (χ0v) is 12.3. The van der Waals surface area contributed by atoms with E-state index in [-0.39, 0.29) is 17.9 Å². The van der Waals surface area contributed by atoms with Crippen LogP contribution in [-0.4, -0.2) is 5.91 Å². The van der Waals surface area contributed by atoms with Crippen LogP contribution in [0.3, 0.4) is 0 Å². The molecule has 0 aliphatic carbocycles. The molecule has 4 heteroatoms. The van der Waals surface area contributed by atoms with Gasteiger partial charge in [0, 0.05) is 16.9 Å². The molecule has 0 aromatic heterocycles. The van der Waals surface area contributed by atoms with Crippen LogP contribution in [0.4, 0.5) is 11.4 Å². The summed E-state index contributed by atoms with van der Waals surface area (Å²) in [6.45, 7) is 4.15. The van der Waals surface area contributed by atoms with Crippen LogP contribution >= 0.6 is 0 Å². The first-order valence-corrected chi connectivity index (χ1v) is 6.99. The van der Waals surface area contributed by atoms with E-state index in [1.165, 1.54) is 0 Å². The van der Waals surface area contributed by atoms with Crippen molar-refractivity contribution < 1.29 is 4.79 Å². The van der Waals surface area contributed by atoms with Crippen LogP contribution < -0.4 is 16.8 Å². The number of nitrogens with one attached hydrogen (secondary N) is 1. The summed E-state index contributed by atoms with van der Waals surface area (Å²) in [5.41, 5.74) is 14.0. The summed E-state index contributed by atoms with van der Waals surface area (Å²) in [5, 5.41) is 3.05. The van der Waals surface area contributed by atoms with Gasteiger partial charge in [0.25, 0.3) is 5.91 Å². The fourth-order valence-corrected chi connectivity index (χ4v) is 2.33. The molecule has 0 saturated heterocycles. The summed E-state index contributed by atoms with van der Waals surface area (Å²) >= 11 is 0. The quantitative estimate of drug-likeness (QED) is 0.754. The number of carbonyl (C=O) groups excluding carboxylic acids is 1. The summed E-state index contributed by atoms with van der Waals surface area (Å²) in [4.78, 5) is 12.4. The average molecular weight is 283 g/mol. The van der Waals surface area contributed by atoms with E-state index in [2.05, 4.69) is 19.2 Å². The number of anilines is 2. The van der Waals surface area contributed by atoms with Gasteiger partial charge in [-0.3, -0.25) is 4.79 Å². The minimum atomic E-state index is -0.170. The van der Waals surface area contributed by atoms with Gasteiger partial charge in [0.05, 0.1) is 6.04 Å². The molecule has 21 heavy (non-hydrogen) atoms. The van der Waals surface area contributed by atoms with Crippen LogP contribution in [-0.2, 0) is 0 Å². The Labute approximate surface area is 125 Å².